The van der Waals surface area contributed by atoms with Gasteiger partial charge in [0, 0.05) is 0 Å². The average molecular weight is 240 g/mol. The molecule has 0 spiro atoms. The van der Waals surface area contributed by atoms with Crippen molar-refractivity contribution in [3.8, 4) is 0 Å². The van der Waals surface area contributed by atoms with E-state index in [-0.39, 0.29) is 0 Å². The van der Waals surface area contributed by atoms with Gasteiger partial charge in [-0.15, -0.1) is 0 Å². The van der Waals surface area contributed by atoms with Gasteiger partial charge in [-0.2, -0.15) is 0 Å². The fourth-order valence-corrected chi connectivity index (χ4v) is 2.98. The minimum Gasteiger partial charge on any atom is -0.0654 e. The molecule has 0 amide bonds. The lowest BCUT2D eigenvalue weighted by molar-refractivity contribution is 0.251. The van der Waals surface area contributed by atoms with Gasteiger partial charge in [0.2, 0.25) is 0 Å². The highest BCUT2D eigenvalue weighted by molar-refractivity contribution is 4.71. The van der Waals surface area contributed by atoms with Crippen molar-refractivity contribution >= 4 is 0 Å². The van der Waals surface area contributed by atoms with Gasteiger partial charge in [-0.25, -0.2) is 0 Å². The second-order valence-corrected chi connectivity index (χ2v) is 5.82. The molecule has 0 atom stereocenters. The monoisotopic (exact) mass is 240 g/mol. The van der Waals surface area contributed by atoms with E-state index >= 15 is 0 Å². The summed E-state index contributed by atoms with van der Waals surface area (Å²) in [5.41, 5.74) is 0. The molecule has 1 fully saturated rings. The van der Waals surface area contributed by atoms with Gasteiger partial charge in [0.1, 0.15) is 0 Å². The van der Waals surface area contributed by atoms with Crippen molar-refractivity contribution in [3.05, 3.63) is 0 Å². The zero-order valence-electron chi connectivity index (χ0n) is 12.9. The van der Waals surface area contributed by atoms with E-state index in [0.29, 0.717) is 0 Å². The Hall–Kier alpha value is 0. The maximum atomic E-state index is 2.32. The molecule has 0 unspecified atom stereocenters. The highest BCUT2D eigenvalue weighted by Crippen LogP contribution is 2.33. The summed E-state index contributed by atoms with van der Waals surface area (Å²) < 4.78 is 0. The van der Waals surface area contributed by atoms with Gasteiger partial charge < -0.3 is 0 Å². The van der Waals surface area contributed by atoms with Gasteiger partial charge in [0.15, 0.2) is 0 Å². The van der Waals surface area contributed by atoms with Crippen LogP contribution in [0.3, 0.4) is 0 Å². The average Bonchev–Trinajstić information content (AvgIpc) is 2.34. The van der Waals surface area contributed by atoms with Gasteiger partial charge in [-0.3, -0.25) is 0 Å². The van der Waals surface area contributed by atoms with Crippen molar-refractivity contribution in [1.82, 2.24) is 0 Å². The number of unbranched alkanes of at least 4 members (excludes halogenated alkanes) is 2. The Morgan fingerprint density at radius 1 is 0.588 bits per heavy atom. The lowest BCUT2D eigenvalue weighted by Crippen LogP contribution is -2.14. The van der Waals surface area contributed by atoms with Crippen LogP contribution in [0.2, 0.25) is 0 Å². The Labute approximate surface area is 111 Å². The standard InChI is InChI=1S/C12H24.C5H12/c1-3-5-11-7-9-12(6-4-2)10-8-11;1-3-5-4-2/h11-12H,3-10H2,1-2H3;3-5H2,1-2H3. The molecule has 0 aliphatic heterocycles. The van der Waals surface area contributed by atoms with Crippen LogP contribution < -0.4 is 0 Å². The second kappa shape index (κ2) is 12.5. The first-order valence-electron chi connectivity index (χ1n) is 8.28. The van der Waals surface area contributed by atoms with Gasteiger partial charge in [0.25, 0.3) is 0 Å². The topological polar surface area (TPSA) is 0 Å². The van der Waals surface area contributed by atoms with E-state index in [0.717, 1.165) is 11.8 Å². The second-order valence-electron chi connectivity index (χ2n) is 5.82. The molecular formula is C17H36. The molecule has 17 heavy (non-hydrogen) atoms. The maximum absolute atomic E-state index is 2.32. The highest BCUT2D eigenvalue weighted by Gasteiger charge is 2.19. The predicted molar refractivity (Wildman–Crippen MR) is 80.5 cm³/mol. The molecule has 0 heterocycles. The van der Waals surface area contributed by atoms with Gasteiger partial charge >= 0.3 is 0 Å². The molecule has 0 N–H and O–H groups in total. The van der Waals surface area contributed by atoms with E-state index in [1.807, 2.05) is 0 Å². The molecule has 0 aromatic rings. The third-order valence-electron chi connectivity index (χ3n) is 4.07. The van der Waals surface area contributed by atoms with Crippen LogP contribution in [-0.4, -0.2) is 0 Å². The number of hydrogen-bond donors (Lipinski definition) is 0. The lowest BCUT2D eigenvalue weighted by Gasteiger charge is -2.27. The Kier molecular flexibility index (Phi) is 12.5. The van der Waals surface area contributed by atoms with E-state index in [1.165, 1.54) is 70.6 Å². The van der Waals surface area contributed by atoms with Crippen LogP contribution in [0.1, 0.15) is 98.3 Å². The van der Waals surface area contributed by atoms with Crippen LogP contribution in [0.4, 0.5) is 0 Å². The van der Waals surface area contributed by atoms with Crippen molar-refractivity contribution in [1.29, 1.82) is 0 Å². The fraction of sp³-hybridized carbons (Fsp3) is 1.00. The van der Waals surface area contributed by atoms with Crippen molar-refractivity contribution in [3.63, 3.8) is 0 Å². The number of hydrogen-bond acceptors (Lipinski definition) is 0. The molecule has 1 aliphatic carbocycles. The predicted octanol–water partition coefficient (Wildman–Crippen LogP) is 6.59. The minimum atomic E-state index is 1.09. The van der Waals surface area contributed by atoms with Gasteiger partial charge in [-0.05, 0) is 11.8 Å². The molecule has 0 saturated heterocycles. The molecule has 0 nitrogen and oxygen atoms in total. The summed E-state index contributed by atoms with van der Waals surface area (Å²) in [5.74, 6) is 2.17. The molecule has 1 rings (SSSR count). The zero-order chi connectivity index (χ0) is 12.9. The van der Waals surface area contributed by atoms with Crippen LogP contribution in [0.5, 0.6) is 0 Å². The van der Waals surface area contributed by atoms with E-state index in [4.69, 9.17) is 0 Å². The van der Waals surface area contributed by atoms with E-state index < -0.39 is 0 Å². The van der Waals surface area contributed by atoms with E-state index in [1.54, 1.807) is 0 Å². The molecule has 104 valence electrons. The van der Waals surface area contributed by atoms with E-state index in [2.05, 4.69) is 27.7 Å². The Morgan fingerprint density at radius 3 is 1.12 bits per heavy atom. The lowest BCUT2D eigenvalue weighted by atomic mass is 9.78. The van der Waals surface area contributed by atoms with Crippen molar-refractivity contribution in [2.75, 3.05) is 0 Å². The third-order valence-corrected chi connectivity index (χ3v) is 4.07. The normalized spacial score (nSPS) is 24.0. The first-order valence-corrected chi connectivity index (χ1v) is 8.28. The summed E-state index contributed by atoms with van der Waals surface area (Å²) in [6.07, 6.45) is 15.9. The quantitative estimate of drug-likeness (QED) is 0.491. The Bertz CT molecular complexity index is 115. The Balaban J connectivity index is 0.000000437. The third kappa shape index (κ3) is 9.68. The van der Waals surface area contributed by atoms with Gasteiger partial charge in [0.05, 0.1) is 0 Å². The molecule has 0 radical (unpaired) electrons. The van der Waals surface area contributed by atoms with Crippen molar-refractivity contribution in [2.45, 2.75) is 98.3 Å². The molecule has 0 aromatic carbocycles. The maximum Gasteiger partial charge on any atom is -0.0414 e. The largest absolute Gasteiger partial charge is 0.0654 e. The SMILES string of the molecule is CCCC1CCC(CCC)CC1.CCCCC. The first-order chi connectivity index (χ1) is 8.28. The smallest absolute Gasteiger partial charge is 0.0414 e. The number of rotatable bonds is 6. The zero-order valence-corrected chi connectivity index (χ0v) is 12.9. The highest BCUT2D eigenvalue weighted by atomic mass is 14.2. The minimum absolute atomic E-state index is 1.09. The molecule has 0 aromatic heterocycles. The first kappa shape index (κ1) is 17.0. The summed E-state index contributed by atoms with van der Waals surface area (Å²) in [6, 6.07) is 0. The summed E-state index contributed by atoms with van der Waals surface area (Å²) in [5, 5.41) is 0. The molecule has 0 heteroatoms. The molecular weight excluding hydrogens is 204 g/mol. The summed E-state index contributed by atoms with van der Waals surface area (Å²) in [7, 11) is 0. The fourth-order valence-electron chi connectivity index (χ4n) is 2.98. The summed E-state index contributed by atoms with van der Waals surface area (Å²) in [4.78, 5) is 0. The molecule has 1 saturated carbocycles. The van der Waals surface area contributed by atoms with Crippen molar-refractivity contribution in [2.24, 2.45) is 11.8 Å². The van der Waals surface area contributed by atoms with Crippen LogP contribution >= 0.6 is 0 Å². The van der Waals surface area contributed by atoms with Crippen LogP contribution in [0, 0.1) is 11.8 Å². The Morgan fingerprint density at radius 2 is 0.941 bits per heavy atom. The van der Waals surface area contributed by atoms with Crippen LogP contribution in [0.25, 0.3) is 0 Å². The van der Waals surface area contributed by atoms with E-state index in [9.17, 15) is 0 Å². The molecule has 1 aliphatic rings. The summed E-state index contributed by atoms with van der Waals surface area (Å²) >= 11 is 0. The van der Waals surface area contributed by atoms with Gasteiger partial charge in [-0.1, -0.05) is 98.3 Å². The van der Waals surface area contributed by atoms with Crippen LogP contribution in [0.15, 0.2) is 0 Å². The van der Waals surface area contributed by atoms with Crippen molar-refractivity contribution < 1.29 is 0 Å². The molecule has 0 bridgehead atoms. The van der Waals surface area contributed by atoms with Crippen LogP contribution in [-0.2, 0) is 0 Å². The summed E-state index contributed by atoms with van der Waals surface area (Å²) in [6.45, 7) is 9.06.